The molecule has 0 aliphatic carbocycles. The lowest BCUT2D eigenvalue weighted by Crippen LogP contribution is -2.46. The quantitative estimate of drug-likeness (QED) is 0.282. The van der Waals surface area contributed by atoms with E-state index in [1.54, 1.807) is 6.07 Å². The van der Waals surface area contributed by atoms with Crippen molar-refractivity contribution in [3.05, 3.63) is 93.5 Å². The molecule has 6 heteroatoms. The molecule has 3 aromatic rings. The monoisotopic (exact) mass is 523 g/mol. The molecule has 0 fully saturated rings. The first-order valence-electron chi connectivity index (χ1n) is 12.6. The van der Waals surface area contributed by atoms with Crippen molar-refractivity contribution in [1.29, 1.82) is 0 Å². The van der Waals surface area contributed by atoms with Crippen molar-refractivity contribution in [3.8, 4) is 11.1 Å². The molecule has 0 unspecified atom stereocenters. The van der Waals surface area contributed by atoms with Crippen molar-refractivity contribution < 1.29 is 19.4 Å². The third-order valence-corrected chi connectivity index (χ3v) is 6.99. The fourth-order valence-corrected chi connectivity index (χ4v) is 4.61. The van der Waals surface area contributed by atoms with E-state index in [1.807, 2.05) is 69.3 Å². The smallest absolute Gasteiger partial charge is 0.338 e. The van der Waals surface area contributed by atoms with E-state index < -0.39 is 6.10 Å². The topological polar surface area (TPSA) is 67.8 Å². The van der Waals surface area contributed by atoms with Gasteiger partial charge in [-0.1, -0.05) is 60.1 Å². The third-order valence-electron chi connectivity index (χ3n) is 6.58. The Hall–Kier alpha value is -2.70. The van der Waals surface area contributed by atoms with E-state index in [0.717, 1.165) is 44.8 Å². The summed E-state index contributed by atoms with van der Waals surface area (Å²) in [5.41, 5.74) is 6.45. The lowest BCUT2D eigenvalue weighted by molar-refractivity contribution is -0.00397. The van der Waals surface area contributed by atoms with Crippen LogP contribution in [0.15, 0.2) is 60.7 Å². The maximum atomic E-state index is 12.0. The second-order valence-corrected chi connectivity index (χ2v) is 10.7. The fraction of sp³-hybridized carbons (Fsp3) is 0.387. The number of ether oxygens (including phenoxy) is 2. The van der Waals surface area contributed by atoms with Gasteiger partial charge in [0.15, 0.2) is 0 Å². The average molecular weight is 524 g/mol. The van der Waals surface area contributed by atoms with Gasteiger partial charge in [-0.2, -0.15) is 0 Å². The summed E-state index contributed by atoms with van der Waals surface area (Å²) in [4.78, 5) is 12.0. The molecule has 37 heavy (non-hydrogen) atoms. The molecule has 0 radical (unpaired) electrons. The first-order chi connectivity index (χ1) is 17.5. The maximum absolute atomic E-state index is 12.0. The zero-order valence-corrected chi connectivity index (χ0v) is 23.4. The van der Waals surface area contributed by atoms with E-state index in [-0.39, 0.29) is 24.2 Å². The van der Waals surface area contributed by atoms with Crippen LogP contribution in [0.4, 0.5) is 0 Å². The predicted molar refractivity (Wildman–Crippen MR) is 150 cm³/mol. The molecule has 2 N–H and O–H groups in total. The van der Waals surface area contributed by atoms with Gasteiger partial charge in [0.05, 0.1) is 31.5 Å². The van der Waals surface area contributed by atoms with Crippen LogP contribution in [-0.4, -0.2) is 43.0 Å². The molecule has 3 rings (SSSR count). The van der Waals surface area contributed by atoms with E-state index in [4.69, 9.17) is 21.1 Å². The van der Waals surface area contributed by atoms with E-state index >= 15 is 0 Å². The molecule has 2 atom stereocenters. The van der Waals surface area contributed by atoms with Crippen LogP contribution in [0.2, 0.25) is 5.02 Å². The van der Waals surface area contributed by atoms with Gasteiger partial charge in [-0.3, -0.25) is 0 Å². The fourth-order valence-electron chi connectivity index (χ4n) is 4.40. The lowest BCUT2D eigenvalue weighted by Gasteiger charge is -2.28. The number of carbonyl (C=O) groups excluding carboxylic acids is 1. The third kappa shape index (κ3) is 7.89. The summed E-state index contributed by atoms with van der Waals surface area (Å²) >= 11 is 6.28. The van der Waals surface area contributed by atoms with E-state index in [2.05, 4.69) is 25.2 Å². The molecule has 0 heterocycles. The molecule has 5 nitrogen and oxygen atoms in total. The number of aryl methyl sites for hydroxylation is 2. The molecular formula is C31H38ClNO4. The number of esters is 1. The Morgan fingerprint density at radius 2 is 1.78 bits per heavy atom. The van der Waals surface area contributed by atoms with Crippen molar-refractivity contribution in [2.75, 3.05) is 20.3 Å². The Kier molecular flexibility index (Phi) is 9.91. The van der Waals surface area contributed by atoms with Gasteiger partial charge >= 0.3 is 5.97 Å². The molecule has 0 spiro atoms. The maximum Gasteiger partial charge on any atom is 0.338 e. The number of hydrogen-bond acceptors (Lipinski definition) is 5. The predicted octanol–water partition coefficient (Wildman–Crippen LogP) is 6.46. The molecule has 0 aliphatic rings. The van der Waals surface area contributed by atoms with Crippen molar-refractivity contribution in [3.63, 3.8) is 0 Å². The van der Waals surface area contributed by atoms with E-state index in [1.165, 1.54) is 7.11 Å². The van der Waals surface area contributed by atoms with Crippen LogP contribution in [0.25, 0.3) is 11.1 Å². The number of carbonyl (C=O) groups is 1. The van der Waals surface area contributed by atoms with Gasteiger partial charge < -0.3 is 19.9 Å². The summed E-state index contributed by atoms with van der Waals surface area (Å²) in [6.07, 6.45) is -0.0929. The largest absolute Gasteiger partial charge is 0.465 e. The summed E-state index contributed by atoms with van der Waals surface area (Å²) in [5, 5.41) is 14.9. The molecule has 0 saturated carbocycles. The minimum absolute atomic E-state index is 0.204. The highest BCUT2D eigenvalue weighted by Gasteiger charge is 2.21. The highest BCUT2D eigenvalue weighted by molar-refractivity contribution is 6.31. The normalized spacial score (nSPS) is 13.3. The summed E-state index contributed by atoms with van der Waals surface area (Å²) in [6.45, 7) is 10.7. The first kappa shape index (κ1) is 28.9. The second-order valence-electron chi connectivity index (χ2n) is 10.3. The van der Waals surface area contributed by atoms with Gasteiger partial charge in [0.2, 0.25) is 0 Å². The highest BCUT2D eigenvalue weighted by Crippen LogP contribution is 2.31. The summed E-state index contributed by atoms with van der Waals surface area (Å²) in [7, 11) is 1.38. The van der Waals surface area contributed by atoms with Gasteiger partial charge in [-0.05, 0) is 86.6 Å². The SMILES string of the molecule is COC(=O)c1ccc(-c2ccccc2[C@@H](C)OC[C@H](O)CNC(C)(C)Cc2ccc(C)c(Cl)c2)cc1C. The second kappa shape index (κ2) is 12.7. The zero-order chi connectivity index (χ0) is 27.2. The minimum atomic E-state index is -0.655. The number of methoxy groups -OCH3 is 1. The Morgan fingerprint density at radius 1 is 1.05 bits per heavy atom. The van der Waals surface area contributed by atoms with Gasteiger partial charge in [-0.25, -0.2) is 4.79 Å². The van der Waals surface area contributed by atoms with Crippen molar-refractivity contribution in [1.82, 2.24) is 5.32 Å². The Balaban J connectivity index is 1.59. The molecule has 0 amide bonds. The molecule has 198 valence electrons. The van der Waals surface area contributed by atoms with Gasteiger partial charge in [0.1, 0.15) is 0 Å². The number of rotatable bonds is 11. The number of aliphatic hydroxyl groups excluding tert-OH is 1. The molecule has 3 aromatic carbocycles. The molecule has 0 aliphatic heterocycles. The van der Waals surface area contributed by atoms with Crippen LogP contribution >= 0.6 is 11.6 Å². The van der Waals surface area contributed by atoms with E-state index in [9.17, 15) is 9.90 Å². The van der Waals surface area contributed by atoms with Gasteiger partial charge in [0, 0.05) is 17.1 Å². The number of benzene rings is 3. The summed E-state index contributed by atoms with van der Waals surface area (Å²) in [6, 6.07) is 19.9. The average Bonchev–Trinajstić information content (AvgIpc) is 2.87. The minimum Gasteiger partial charge on any atom is -0.465 e. The van der Waals surface area contributed by atoms with Crippen LogP contribution < -0.4 is 5.32 Å². The van der Waals surface area contributed by atoms with Crippen molar-refractivity contribution in [2.24, 2.45) is 0 Å². The molecule has 0 saturated heterocycles. The number of aliphatic hydroxyl groups is 1. The van der Waals surface area contributed by atoms with Crippen LogP contribution in [0.3, 0.4) is 0 Å². The summed E-state index contributed by atoms with van der Waals surface area (Å²) < 4.78 is 11.0. The van der Waals surface area contributed by atoms with Crippen LogP contribution in [0.1, 0.15) is 59.5 Å². The van der Waals surface area contributed by atoms with Gasteiger partial charge in [-0.15, -0.1) is 0 Å². The van der Waals surface area contributed by atoms with Crippen LogP contribution in [-0.2, 0) is 15.9 Å². The number of halogens is 1. The van der Waals surface area contributed by atoms with Gasteiger partial charge in [0.25, 0.3) is 0 Å². The van der Waals surface area contributed by atoms with Crippen LogP contribution in [0.5, 0.6) is 0 Å². The van der Waals surface area contributed by atoms with Crippen molar-refractivity contribution >= 4 is 17.6 Å². The van der Waals surface area contributed by atoms with Crippen molar-refractivity contribution in [2.45, 2.75) is 58.8 Å². The van der Waals surface area contributed by atoms with Crippen LogP contribution in [0, 0.1) is 13.8 Å². The Bertz CT molecular complexity index is 1220. The van der Waals surface area contributed by atoms with E-state index in [0.29, 0.717) is 12.1 Å². The molecule has 0 bridgehead atoms. The molecule has 0 aromatic heterocycles. The first-order valence-corrected chi connectivity index (χ1v) is 13.0. The number of hydrogen-bond donors (Lipinski definition) is 2. The summed E-state index contributed by atoms with van der Waals surface area (Å²) in [5.74, 6) is -0.345. The number of β-amino-alcohol motifs (C(OH)–C–C–N with tert-alkyl or cyclic N) is 1. The number of nitrogens with one attached hydrogen (secondary N) is 1. The zero-order valence-electron chi connectivity index (χ0n) is 22.6. The Morgan fingerprint density at radius 3 is 2.46 bits per heavy atom. The lowest BCUT2D eigenvalue weighted by atomic mass is 9.94. The standard InChI is InChI=1S/C31H38ClNO4/c1-20-11-12-23(16-29(20)32)17-31(4,5)33-18-25(34)19-37-22(3)27-9-7-8-10-28(27)24-13-14-26(21(2)15-24)30(35)36-6/h7-16,22,25,33-34H,17-19H2,1-6H3/t22-,25-/m1/s1. The molecular weight excluding hydrogens is 486 g/mol. The highest BCUT2D eigenvalue weighted by atomic mass is 35.5. The Labute approximate surface area is 225 Å².